The molecule has 0 heterocycles. The van der Waals surface area contributed by atoms with Crippen molar-refractivity contribution in [2.45, 2.75) is 17.4 Å². The molecule has 0 aliphatic rings. The summed E-state index contributed by atoms with van der Waals surface area (Å²) in [5, 5.41) is 4.25. The van der Waals surface area contributed by atoms with E-state index in [1.807, 2.05) is 56.7 Å². The van der Waals surface area contributed by atoms with Crippen molar-refractivity contribution >= 4 is 40.9 Å². The van der Waals surface area contributed by atoms with Crippen molar-refractivity contribution in [3.05, 3.63) is 63.6 Å². The van der Waals surface area contributed by atoms with Crippen LogP contribution in [0.5, 0.6) is 0 Å². The van der Waals surface area contributed by atoms with Crippen LogP contribution < -0.4 is 5.32 Å². The Morgan fingerprint density at radius 1 is 1.16 bits per heavy atom. The summed E-state index contributed by atoms with van der Waals surface area (Å²) < 4.78 is 0. The van der Waals surface area contributed by atoms with Crippen LogP contribution in [0.2, 0.25) is 10.0 Å². The molecule has 0 spiro atoms. The van der Waals surface area contributed by atoms with E-state index in [1.165, 1.54) is 0 Å². The van der Waals surface area contributed by atoms with E-state index in [-0.39, 0.29) is 11.9 Å². The number of carbonyl (C=O) groups excluding carboxylic acids is 1. The number of nitrogens with zero attached hydrogens (tertiary/aromatic N) is 1. The molecule has 0 saturated carbocycles. The molecule has 0 radical (unpaired) electrons. The number of benzene rings is 2. The molecule has 0 fully saturated rings. The molecule has 0 bridgehead atoms. The van der Waals surface area contributed by atoms with Crippen LogP contribution in [-0.2, 0) is 0 Å². The Labute approximate surface area is 163 Å². The van der Waals surface area contributed by atoms with Crippen LogP contribution in [0, 0.1) is 0 Å². The zero-order valence-corrected chi connectivity index (χ0v) is 16.9. The van der Waals surface area contributed by atoms with Gasteiger partial charge in [-0.3, -0.25) is 4.79 Å². The lowest BCUT2D eigenvalue weighted by molar-refractivity contribution is 0.0932. The zero-order chi connectivity index (χ0) is 18.4. The highest BCUT2D eigenvalue weighted by Gasteiger charge is 2.18. The quantitative estimate of drug-likeness (QED) is 0.657. The first-order valence-electron chi connectivity index (χ1n) is 7.95. The summed E-state index contributed by atoms with van der Waals surface area (Å²) in [5.41, 5.74) is 1.52. The number of rotatable bonds is 7. The maximum absolute atomic E-state index is 12.8. The molecule has 25 heavy (non-hydrogen) atoms. The molecule has 1 atom stereocenters. The van der Waals surface area contributed by atoms with Crippen molar-refractivity contribution in [3.63, 3.8) is 0 Å². The average molecular weight is 397 g/mol. The van der Waals surface area contributed by atoms with Gasteiger partial charge in [-0.05, 0) is 69.2 Å². The van der Waals surface area contributed by atoms with Crippen molar-refractivity contribution in [3.8, 4) is 0 Å². The summed E-state index contributed by atoms with van der Waals surface area (Å²) >= 11 is 13.8. The monoisotopic (exact) mass is 396 g/mol. The van der Waals surface area contributed by atoms with Gasteiger partial charge in [-0.1, -0.05) is 35.3 Å². The minimum atomic E-state index is -0.167. The highest BCUT2D eigenvalue weighted by atomic mass is 35.5. The third-order valence-corrected chi connectivity index (χ3v) is 5.17. The summed E-state index contributed by atoms with van der Waals surface area (Å²) in [6.07, 6.45) is 2.76. The number of carbonyl (C=O) groups is 1. The van der Waals surface area contributed by atoms with E-state index in [0.717, 1.165) is 23.4 Å². The van der Waals surface area contributed by atoms with Gasteiger partial charge in [-0.2, -0.15) is 0 Å². The number of hydrogen-bond acceptors (Lipinski definition) is 3. The second-order valence-corrected chi connectivity index (χ2v) is 7.74. The van der Waals surface area contributed by atoms with Crippen LogP contribution >= 0.6 is 35.0 Å². The summed E-state index contributed by atoms with van der Waals surface area (Å²) in [7, 11) is 4.03. The van der Waals surface area contributed by atoms with Crippen molar-refractivity contribution in [1.29, 1.82) is 0 Å². The summed E-state index contributed by atoms with van der Waals surface area (Å²) in [5.74, 6) is -0.167. The van der Waals surface area contributed by atoms with Crippen molar-refractivity contribution < 1.29 is 4.79 Å². The fraction of sp³-hybridized carbons (Fsp3) is 0.316. The summed E-state index contributed by atoms with van der Waals surface area (Å²) in [6, 6.07) is 13.0. The molecule has 1 unspecified atom stereocenters. The summed E-state index contributed by atoms with van der Waals surface area (Å²) in [6.45, 7) is 0.853. The van der Waals surface area contributed by atoms with E-state index in [4.69, 9.17) is 23.2 Å². The second kappa shape index (κ2) is 9.48. The molecule has 3 nitrogen and oxygen atoms in total. The SMILES string of the molecule is CSc1ccc(Cl)c(C(=O)NC(CCN(C)C)c2ccc(Cl)cc2)c1. The van der Waals surface area contributed by atoms with Crippen LogP contribution in [-0.4, -0.2) is 37.7 Å². The Morgan fingerprint density at radius 3 is 2.44 bits per heavy atom. The average Bonchev–Trinajstić information content (AvgIpc) is 2.59. The zero-order valence-electron chi connectivity index (χ0n) is 14.6. The number of amides is 1. The topological polar surface area (TPSA) is 32.3 Å². The molecule has 1 N–H and O–H groups in total. The van der Waals surface area contributed by atoms with Gasteiger partial charge in [0.2, 0.25) is 0 Å². The first-order chi connectivity index (χ1) is 11.9. The largest absolute Gasteiger partial charge is 0.345 e. The number of halogens is 2. The number of nitrogens with one attached hydrogen (secondary N) is 1. The van der Waals surface area contributed by atoms with E-state index in [0.29, 0.717) is 15.6 Å². The molecular formula is C19H22Cl2N2OS. The van der Waals surface area contributed by atoms with Gasteiger partial charge in [0.05, 0.1) is 16.6 Å². The highest BCUT2D eigenvalue weighted by Crippen LogP contribution is 2.25. The molecule has 0 aromatic heterocycles. The predicted molar refractivity (Wildman–Crippen MR) is 108 cm³/mol. The molecule has 2 rings (SSSR count). The van der Waals surface area contributed by atoms with Gasteiger partial charge in [0.25, 0.3) is 5.91 Å². The van der Waals surface area contributed by atoms with Crippen molar-refractivity contribution in [2.24, 2.45) is 0 Å². The Balaban J connectivity index is 2.23. The van der Waals surface area contributed by atoms with Crippen LogP contribution in [0.1, 0.15) is 28.4 Å². The van der Waals surface area contributed by atoms with Crippen molar-refractivity contribution in [1.82, 2.24) is 10.2 Å². The molecule has 2 aromatic carbocycles. The van der Waals surface area contributed by atoms with Crippen LogP contribution in [0.4, 0.5) is 0 Å². The van der Waals surface area contributed by atoms with E-state index < -0.39 is 0 Å². The van der Waals surface area contributed by atoms with Gasteiger partial charge in [-0.15, -0.1) is 11.8 Å². The van der Waals surface area contributed by atoms with Crippen molar-refractivity contribution in [2.75, 3.05) is 26.9 Å². The Bertz CT molecular complexity index is 720. The number of thioether (sulfide) groups is 1. The van der Waals surface area contributed by atoms with E-state index in [1.54, 1.807) is 17.8 Å². The van der Waals surface area contributed by atoms with Crippen LogP contribution in [0.15, 0.2) is 47.4 Å². The predicted octanol–water partition coefficient (Wildman–Crippen LogP) is 5.14. The van der Waals surface area contributed by atoms with Gasteiger partial charge in [0.15, 0.2) is 0 Å². The van der Waals surface area contributed by atoms with E-state index >= 15 is 0 Å². The molecular weight excluding hydrogens is 375 g/mol. The van der Waals surface area contributed by atoms with Crippen LogP contribution in [0.25, 0.3) is 0 Å². The van der Waals surface area contributed by atoms with Gasteiger partial charge in [0.1, 0.15) is 0 Å². The first kappa shape index (κ1) is 20.1. The Hall–Kier alpha value is -1.20. The Kier molecular flexibility index (Phi) is 7.63. The van der Waals surface area contributed by atoms with Crippen LogP contribution in [0.3, 0.4) is 0 Å². The minimum Gasteiger partial charge on any atom is -0.345 e. The molecule has 0 aliphatic heterocycles. The first-order valence-corrected chi connectivity index (χ1v) is 9.93. The van der Waals surface area contributed by atoms with E-state index in [2.05, 4.69) is 10.2 Å². The smallest absolute Gasteiger partial charge is 0.253 e. The molecule has 0 aliphatic carbocycles. The summed E-state index contributed by atoms with van der Waals surface area (Å²) in [4.78, 5) is 15.9. The molecule has 134 valence electrons. The molecule has 2 aromatic rings. The Morgan fingerprint density at radius 2 is 1.84 bits per heavy atom. The molecule has 0 saturated heterocycles. The van der Waals surface area contributed by atoms with Gasteiger partial charge < -0.3 is 10.2 Å². The maximum Gasteiger partial charge on any atom is 0.253 e. The van der Waals surface area contributed by atoms with Gasteiger partial charge in [-0.25, -0.2) is 0 Å². The lowest BCUT2D eigenvalue weighted by Gasteiger charge is -2.22. The van der Waals surface area contributed by atoms with Gasteiger partial charge >= 0.3 is 0 Å². The van der Waals surface area contributed by atoms with Gasteiger partial charge in [0, 0.05) is 9.92 Å². The third-order valence-electron chi connectivity index (χ3n) is 3.86. The highest BCUT2D eigenvalue weighted by molar-refractivity contribution is 7.98. The molecule has 1 amide bonds. The molecule has 6 heteroatoms. The second-order valence-electron chi connectivity index (χ2n) is 6.02. The lowest BCUT2D eigenvalue weighted by Crippen LogP contribution is -2.31. The minimum absolute atomic E-state index is 0.110. The van der Waals surface area contributed by atoms with E-state index in [9.17, 15) is 4.79 Å². The number of hydrogen-bond donors (Lipinski definition) is 1. The lowest BCUT2D eigenvalue weighted by atomic mass is 10.0. The fourth-order valence-electron chi connectivity index (χ4n) is 2.45. The maximum atomic E-state index is 12.8. The standard InChI is InChI=1S/C19H22Cl2N2OS/c1-23(2)11-10-18(13-4-6-14(20)7-5-13)22-19(24)16-12-15(25-3)8-9-17(16)21/h4-9,12,18H,10-11H2,1-3H3,(H,22,24). The third kappa shape index (κ3) is 5.93. The normalized spacial score (nSPS) is 12.2. The fourth-order valence-corrected chi connectivity index (χ4v) is 3.22.